The maximum atomic E-state index is 10.1. The second-order valence-corrected chi connectivity index (χ2v) is 5.72. The average Bonchev–Trinajstić information content (AvgIpc) is 2.83. The lowest BCUT2D eigenvalue weighted by Gasteiger charge is -2.13. The fourth-order valence-electron chi connectivity index (χ4n) is 2.72. The van der Waals surface area contributed by atoms with Crippen LogP contribution in [0.5, 0.6) is 5.75 Å². The van der Waals surface area contributed by atoms with Crippen molar-refractivity contribution in [2.24, 2.45) is 0 Å². The Morgan fingerprint density at radius 3 is 2.71 bits per heavy atom. The molecule has 0 saturated heterocycles. The number of aryl methyl sites for hydroxylation is 1. The van der Waals surface area contributed by atoms with Crippen LogP contribution >= 0.6 is 0 Å². The smallest absolute Gasteiger partial charge is 0.119 e. The van der Waals surface area contributed by atoms with Gasteiger partial charge in [0.15, 0.2) is 0 Å². The van der Waals surface area contributed by atoms with Crippen molar-refractivity contribution in [1.29, 1.82) is 0 Å². The van der Waals surface area contributed by atoms with E-state index in [4.69, 9.17) is 5.73 Å². The Balaban J connectivity index is 2.30. The van der Waals surface area contributed by atoms with Crippen LogP contribution in [0.1, 0.15) is 30.9 Å². The van der Waals surface area contributed by atoms with Crippen LogP contribution in [0.15, 0.2) is 30.3 Å². The molecule has 0 unspecified atom stereocenters. The molecule has 0 aliphatic rings. The molecule has 108 valence electrons. The summed E-state index contributed by atoms with van der Waals surface area (Å²) in [5, 5.41) is 18.5. The van der Waals surface area contributed by atoms with Crippen molar-refractivity contribution in [3.63, 3.8) is 0 Å². The number of fused-ring (bicyclic) bond motifs is 1. The van der Waals surface area contributed by atoms with Crippen LogP contribution in [0.3, 0.4) is 0 Å². The largest absolute Gasteiger partial charge is 0.508 e. The molecule has 21 heavy (non-hydrogen) atoms. The highest BCUT2D eigenvalue weighted by atomic mass is 16.3. The van der Waals surface area contributed by atoms with E-state index in [-0.39, 0.29) is 5.92 Å². The monoisotopic (exact) mass is 281 g/mol. The zero-order valence-corrected chi connectivity index (χ0v) is 12.4. The van der Waals surface area contributed by atoms with Gasteiger partial charge in [0, 0.05) is 11.3 Å². The molecular formula is C17H19N3O. The molecule has 0 bridgehead atoms. The zero-order valence-electron chi connectivity index (χ0n) is 12.4. The second kappa shape index (κ2) is 4.81. The Hall–Kier alpha value is -2.49. The minimum absolute atomic E-state index is 0.243. The van der Waals surface area contributed by atoms with Gasteiger partial charge in [-0.15, -0.1) is 0 Å². The highest BCUT2D eigenvalue weighted by molar-refractivity contribution is 6.01. The van der Waals surface area contributed by atoms with E-state index in [2.05, 4.69) is 24.0 Å². The third-order valence-electron chi connectivity index (χ3n) is 3.87. The summed E-state index contributed by atoms with van der Waals surface area (Å²) in [6.07, 6.45) is 0. The van der Waals surface area contributed by atoms with Crippen molar-refractivity contribution in [1.82, 2.24) is 10.2 Å². The van der Waals surface area contributed by atoms with E-state index in [1.54, 1.807) is 6.07 Å². The van der Waals surface area contributed by atoms with Crippen LogP contribution in [-0.4, -0.2) is 15.3 Å². The zero-order chi connectivity index (χ0) is 15.1. The quantitative estimate of drug-likeness (QED) is 0.623. The molecule has 0 saturated carbocycles. The van der Waals surface area contributed by atoms with Crippen molar-refractivity contribution in [3.05, 3.63) is 41.5 Å². The molecule has 0 aliphatic heterocycles. The number of nitrogens with two attached hydrogens (primary N) is 1. The van der Waals surface area contributed by atoms with E-state index in [1.165, 1.54) is 0 Å². The van der Waals surface area contributed by atoms with Crippen molar-refractivity contribution in [2.45, 2.75) is 26.7 Å². The predicted octanol–water partition coefficient (Wildman–Crippen LogP) is 3.95. The van der Waals surface area contributed by atoms with Gasteiger partial charge in [0.1, 0.15) is 11.4 Å². The number of hydrogen-bond donors (Lipinski definition) is 3. The van der Waals surface area contributed by atoms with E-state index in [1.807, 2.05) is 31.2 Å². The predicted molar refractivity (Wildman–Crippen MR) is 86.4 cm³/mol. The molecule has 0 aliphatic carbocycles. The number of nitrogens with one attached hydrogen (secondary N) is 1. The molecule has 2 aromatic carbocycles. The van der Waals surface area contributed by atoms with Gasteiger partial charge in [-0.3, -0.25) is 5.10 Å². The number of nitrogen functional groups attached to an aromatic ring is 1. The number of anilines is 1. The Kier molecular flexibility index (Phi) is 3.09. The number of rotatable bonds is 2. The molecule has 4 N–H and O–H groups in total. The molecule has 0 amide bonds. The van der Waals surface area contributed by atoms with Crippen LogP contribution in [0, 0.1) is 6.92 Å². The number of phenols is 1. The lowest BCUT2D eigenvalue weighted by atomic mass is 9.94. The van der Waals surface area contributed by atoms with E-state index < -0.39 is 0 Å². The van der Waals surface area contributed by atoms with Gasteiger partial charge in [-0.2, -0.15) is 5.10 Å². The summed E-state index contributed by atoms with van der Waals surface area (Å²) in [7, 11) is 0. The highest BCUT2D eigenvalue weighted by Crippen LogP contribution is 2.37. The van der Waals surface area contributed by atoms with Gasteiger partial charge in [0.05, 0.1) is 10.9 Å². The fourth-order valence-corrected chi connectivity index (χ4v) is 2.72. The molecule has 3 rings (SSSR count). The van der Waals surface area contributed by atoms with E-state index in [9.17, 15) is 5.11 Å². The standard InChI is InChI=1S/C17H19N3O/c1-9(2)11-8-12(10(3)7-15(11)21)17-16-13(18)5-4-6-14(16)19-20-17/h4-9,21H,18H2,1-3H3,(H,19,20). The first-order chi connectivity index (χ1) is 9.99. The van der Waals surface area contributed by atoms with Crippen LogP contribution in [0.25, 0.3) is 22.2 Å². The van der Waals surface area contributed by atoms with Crippen LogP contribution < -0.4 is 5.73 Å². The fraction of sp³-hybridized carbons (Fsp3) is 0.235. The molecule has 4 nitrogen and oxygen atoms in total. The molecule has 0 fully saturated rings. The molecule has 0 radical (unpaired) electrons. The van der Waals surface area contributed by atoms with E-state index >= 15 is 0 Å². The summed E-state index contributed by atoms with van der Waals surface area (Å²) < 4.78 is 0. The third kappa shape index (κ3) is 2.13. The summed E-state index contributed by atoms with van der Waals surface area (Å²) in [5.41, 5.74) is 11.5. The minimum atomic E-state index is 0.243. The lowest BCUT2D eigenvalue weighted by Crippen LogP contribution is -1.94. The SMILES string of the molecule is Cc1cc(O)c(C(C)C)cc1-c1n[nH]c2cccc(N)c12. The Bertz CT molecular complexity index is 818. The Morgan fingerprint density at radius 1 is 1.24 bits per heavy atom. The van der Waals surface area contributed by atoms with Gasteiger partial charge < -0.3 is 10.8 Å². The maximum Gasteiger partial charge on any atom is 0.119 e. The first-order valence-corrected chi connectivity index (χ1v) is 7.05. The summed E-state index contributed by atoms with van der Waals surface area (Å²) >= 11 is 0. The van der Waals surface area contributed by atoms with Gasteiger partial charge in [-0.1, -0.05) is 19.9 Å². The number of phenolic OH excluding ortho intramolecular Hbond substituents is 1. The summed E-state index contributed by atoms with van der Waals surface area (Å²) in [6, 6.07) is 9.55. The van der Waals surface area contributed by atoms with Crippen molar-refractivity contribution < 1.29 is 5.11 Å². The number of aromatic nitrogens is 2. The second-order valence-electron chi connectivity index (χ2n) is 5.72. The van der Waals surface area contributed by atoms with Gasteiger partial charge >= 0.3 is 0 Å². The normalized spacial score (nSPS) is 11.4. The van der Waals surface area contributed by atoms with E-state index in [0.717, 1.165) is 33.3 Å². The van der Waals surface area contributed by atoms with Gasteiger partial charge in [0.25, 0.3) is 0 Å². The summed E-state index contributed by atoms with van der Waals surface area (Å²) in [6.45, 7) is 6.09. The molecule has 0 atom stereocenters. The first kappa shape index (κ1) is 13.5. The van der Waals surface area contributed by atoms with E-state index in [0.29, 0.717) is 11.4 Å². The Morgan fingerprint density at radius 2 is 2.00 bits per heavy atom. The third-order valence-corrected chi connectivity index (χ3v) is 3.87. The highest BCUT2D eigenvalue weighted by Gasteiger charge is 2.16. The summed E-state index contributed by atoms with van der Waals surface area (Å²) in [4.78, 5) is 0. The number of aromatic amines is 1. The molecule has 3 aromatic rings. The van der Waals surface area contributed by atoms with Gasteiger partial charge in [-0.05, 0) is 48.2 Å². The summed E-state index contributed by atoms with van der Waals surface area (Å²) in [5.74, 6) is 0.575. The molecule has 1 heterocycles. The first-order valence-electron chi connectivity index (χ1n) is 7.05. The average molecular weight is 281 g/mol. The lowest BCUT2D eigenvalue weighted by molar-refractivity contribution is 0.464. The minimum Gasteiger partial charge on any atom is -0.508 e. The topological polar surface area (TPSA) is 74.9 Å². The van der Waals surface area contributed by atoms with Crippen molar-refractivity contribution in [3.8, 4) is 17.0 Å². The van der Waals surface area contributed by atoms with Gasteiger partial charge in [0.2, 0.25) is 0 Å². The van der Waals surface area contributed by atoms with Gasteiger partial charge in [-0.25, -0.2) is 0 Å². The number of benzene rings is 2. The van der Waals surface area contributed by atoms with Crippen LogP contribution in [0.4, 0.5) is 5.69 Å². The number of hydrogen-bond acceptors (Lipinski definition) is 3. The van der Waals surface area contributed by atoms with Crippen LogP contribution in [-0.2, 0) is 0 Å². The molecular weight excluding hydrogens is 262 g/mol. The van der Waals surface area contributed by atoms with Crippen molar-refractivity contribution >= 4 is 16.6 Å². The van der Waals surface area contributed by atoms with Crippen LogP contribution in [0.2, 0.25) is 0 Å². The van der Waals surface area contributed by atoms with Crippen molar-refractivity contribution in [2.75, 3.05) is 5.73 Å². The Labute approximate surface area is 123 Å². The molecule has 4 heteroatoms. The number of nitrogens with zero attached hydrogens (tertiary/aromatic N) is 1. The molecule has 0 spiro atoms. The number of H-pyrrole nitrogens is 1. The molecule has 1 aromatic heterocycles. The number of aromatic hydroxyl groups is 1. The maximum absolute atomic E-state index is 10.1.